The Hall–Kier alpha value is -8.08. The lowest BCUT2D eigenvalue weighted by Crippen LogP contribution is -2.10. The van der Waals surface area contributed by atoms with Crippen molar-refractivity contribution < 1.29 is 4.42 Å². The van der Waals surface area contributed by atoms with Gasteiger partial charge in [-0.15, -0.1) is 0 Å². The lowest BCUT2D eigenvalue weighted by Gasteiger charge is -2.26. The summed E-state index contributed by atoms with van der Waals surface area (Å²) >= 11 is 0. The van der Waals surface area contributed by atoms with Crippen molar-refractivity contribution in [1.29, 1.82) is 0 Å². The third kappa shape index (κ3) is 7.34. The molecule has 0 saturated carbocycles. The molecule has 9 aromatic carbocycles. The van der Waals surface area contributed by atoms with Crippen LogP contribution in [0.25, 0.3) is 71.5 Å². The van der Waals surface area contributed by atoms with Gasteiger partial charge in [0.2, 0.25) is 0 Å². The quantitative estimate of drug-likeness (QED) is 0.109. The molecule has 0 aliphatic rings. The van der Waals surface area contributed by atoms with Gasteiger partial charge in [-0.1, -0.05) is 148 Å². The Bertz CT molecular complexity index is 3660. The van der Waals surface area contributed by atoms with E-state index in [0.29, 0.717) is 0 Å². The molecular weight excluding hydrogens is 827 g/mol. The first kappa shape index (κ1) is 41.4. The molecule has 0 aliphatic carbocycles. The number of anilines is 6. The number of hydrogen-bond donors (Lipinski definition) is 0. The average Bonchev–Trinajstić information content (AvgIpc) is 4.05. The summed E-state index contributed by atoms with van der Waals surface area (Å²) in [7, 11) is 0. The molecular formula is C64H53N3O. The summed E-state index contributed by atoms with van der Waals surface area (Å²) in [5, 5.41) is 4.66. The van der Waals surface area contributed by atoms with E-state index in [1.54, 1.807) is 0 Å². The summed E-state index contributed by atoms with van der Waals surface area (Å²) in [6.45, 7) is 4.51. The second-order valence-corrected chi connectivity index (χ2v) is 18.2. The first-order chi connectivity index (χ1) is 33.6. The highest BCUT2D eigenvalue weighted by Gasteiger charge is 2.25. The maximum Gasteiger partial charge on any atom is 0.161 e. The van der Waals surface area contributed by atoms with Gasteiger partial charge in [0.1, 0.15) is 11.1 Å². The molecule has 68 heavy (non-hydrogen) atoms. The van der Waals surface area contributed by atoms with Crippen LogP contribution in [0, 0.1) is 0 Å². The minimum Gasteiger partial charge on any atom is -0.454 e. The fraction of sp³-hybridized carbons (Fsp3) is 0.125. The zero-order valence-electron chi connectivity index (χ0n) is 38.7. The molecule has 330 valence electrons. The molecule has 0 saturated heterocycles. The van der Waals surface area contributed by atoms with E-state index in [1.807, 2.05) is 0 Å². The second kappa shape index (κ2) is 17.6. The fourth-order valence-corrected chi connectivity index (χ4v) is 10.4. The van der Waals surface area contributed by atoms with Gasteiger partial charge in [-0.05, 0) is 144 Å². The van der Waals surface area contributed by atoms with Crippen LogP contribution in [-0.2, 0) is 12.8 Å². The fourth-order valence-electron chi connectivity index (χ4n) is 10.4. The molecule has 3 heterocycles. The summed E-state index contributed by atoms with van der Waals surface area (Å²) < 4.78 is 9.44. The van der Waals surface area contributed by atoms with Crippen LogP contribution >= 0.6 is 0 Å². The predicted molar refractivity (Wildman–Crippen MR) is 288 cm³/mol. The van der Waals surface area contributed by atoms with E-state index in [1.165, 1.54) is 80.9 Å². The van der Waals surface area contributed by atoms with Gasteiger partial charge in [0.05, 0.1) is 11.0 Å². The first-order valence-electron chi connectivity index (χ1n) is 24.4. The van der Waals surface area contributed by atoms with Gasteiger partial charge in [0.25, 0.3) is 0 Å². The number of furan rings is 1. The Morgan fingerprint density at radius 3 is 1.35 bits per heavy atom. The molecule has 0 radical (unpaired) electrons. The number of para-hydroxylation sites is 1. The molecule has 4 nitrogen and oxygen atoms in total. The maximum atomic E-state index is 6.99. The van der Waals surface area contributed by atoms with E-state index in [4.69, 9.17) is 4.42 Å². The van der Waals surface area contributed by atoms with Gasteiger partial charge >= 0.3 is 0 Å². The molecule has 3 aromatic heterocycles. The number of fused-ring (bicyclic) bond motifs is 8. The highest BCUT2D eigenvalue weighted by molar-refractivity contribution is 6.26. The maximum absolute atomic E-state index is 6.99. The Balaban J connectivity index is 0.972. The summed E-state index contributed by atoms with van der Waals surface area (Å²) in [5.74, 6) is 0. The largest absolute Gasteiger partial charge is 0.454 e. The van der Waals surface area contributed by atoms with Crippen molar-refractivity contribution in [2.75, 3.05) is 9.80 Å². The van der Waals surface area contributed by atoms with Crippen molar-refractivity contribution >= 4 is 83.4 Å². The number of rotatable bonds is 14. The van der Waals surface area contributed by atoms with Crippen LogP contribution in [0.1, 0.15) is 50.7 Å². The van der Waals surface area contributed by atoms with E-state index in [-0.39, 0.29) is 0 Å². The minimum absolute atomic E-state index is 0.867. The molecule has 0 fully saturated rings. The highest BCUT2D eigenvalue weighted by atomic mass is 16.3. The van der Waals surface area contributed by atoms with Crippen LogP contribution in [0.15, 0.2) is 217 Å². The third-order valence-corrected chi connectivity index (χ3v) is 13.9. The summed E-state index contributed by atoms with van der Waals surface area (Å²) in [4.78, 5) is 4.75. The smallest absolute Gasteiger partial charge is 0.161 e. The van der Waals surface area contributed by atoms with E-state index >= 15 is 0 Å². The molecule has 0 aliphatic heterocycles. The zero-order chi connectivity index (χ0) is 45.6. The van der Waals surface area contributed by atoms with Crippen LogP contribution in [0.5, 0.6) is 0 Å². The van der Waals surface area contributed by atoms with E-state index in [0.717, 1.165) is 74.4 Å². The Kier molecular flexibility index (Phi) is 10.7. The van der Waals surface area contributed by atoms with Crippen molar-refractivity contribution in [3.63, 3.8) is 0 Å². The molecule has 12 aromatic rings. The average molecular weight is 880 g/mol. The van der Waals surface area contributed by atoms with E-state index in [2.05, 4.69) is 240 Å². The topological polar surface area (TPSA) is 24.0 Å². The SMILES string of the molecule is CCCCc1ccc(N(c2ccc(-c3ccccc3)cc2)c2ccc3c(c2)oc2c4cccc5c6cc(N(c7ccc(CCCC)cc7)c7ccc(-c8ccccc8)cc7)ccc6n(c54)c32)cc1. The molecule has 0 atom stereocenters. The number of aromatic nitrogens is 1. The molecule has 0 spiro atoms. The van der Waals surface area contributed by atoms with E-state index < -0.39 is 0 Å². The van der Waals surface area contributed by atoms with Crippen LogP contribution in [-0.4, -0.2) is 4.40 Å². The second-order valence-electron chi connectivity index (χ2n) is 18.2. The normalized spacial score (nSPS) is 11.7. The van der Waals surface area contributed by atoms with Crippen LogP contribution < -0.4 is 9.80 Å². The van der Waals surface area contributed by atoms with Crippen molar-refractivity contribution in [3.8, 4) is 22.3 Å². The first-order valence-corrected chi connectivity index (χ1v) is 24.4. The summed E-state index contributed by atoms with van der Waals surface area (Å²) in [5.41, 5.74) is 19.5. The van der Waals surface area contributed by atoms with Crippen molar-refractivity contribution in [2.24, 2.45) is 0 Å². The lowest BCUT2D eigenvalue weighted by atomic mass is 10.0. The summed E-state index contributed by atoms with van der Waals surface area (Å²) in [6.07, 6.45) is 6.93. The molecule has 0 amide bonds. The van der Waals surface area contributed by atoms with Crippen LogP contribution in [0.3, 0.4) is 0 Å². The third-order valence-electron chi connectivity index (χ3n) is 13.9. The Morgan fingerprint density at radius 1 is 0.368 bits per heavy atom. The predicted octanol–water partition coefficient (Wildman–Crippen LogP) is 18.5. The Labute approximate surface area is 398 Å². The van der Waals surface area contributed by atoms with Gasteiger partial charge in [0.15, 0.2) is 5.58 Å². The number of nitrogens with zero attached hydrogens (tertiary/aromatic N) is 3. The molecule has 12 rings (SSSR count). The van der Waals surface area contributed by atoms with Gasteiger partial charge in [-0.3, -0.25) is 0 Å². The van der Waals surface area contributed by atoms with Crippen molar-refractivity contribution in [1.82, 2.24) is 4.40 Å². The van der Waals surface area contributed by atoms with E-state index in [9.17, 15) is 0 Å². The number of hydrogen-bond acceptors (Lipinski definition) is 3. The monoisotopic (exact) mass is 879 g/mol. The van der Waals surface area contributed by atoms with Gasteiger partial charge < -0.3 is 18.6 Å². The van der Waals surface area contributed by atoms with Gasteiger partial charge in [-0.2, -0.15) is 0 Å². The zero-order valence-corrected chi connectivity index (χ0v) is 38.7. The number of unbranched alkanes of at least 4 members (excludes halogenated alkanes) is 2. The van der Waals surface area contributed by atoms with Crippen LogP contribution in [0.4, 0.5) is 34.1 Å². The van der Waals surface area contributed by atoms with Crippen LogP contribution in [0.2, 0.25) is 0 Å². The standard InChI is InChI=1S/C64H53N3O/c1-3-5-14-44-22-30-50(31-23-44)65(52-34-26-48(27-35-52)46-16-9-7-10-17-46)54-39-41-60-59(42-54)56-20-13-21-58-62(56)67(60)63-57-40-38-55(43-61(57)68-64(58)63)66(51-32-24-45(25-33-51)15-6-4-2)53-36-28-49(29-37-53)47-18-11-8-12-19-47/h7-13,16-43H,3-6,14-15H2,1-2H3. The van der Waals surface area contributed by atoms with Crippen molar-refractivity contribution in [2.45, 2.75) is 52.4 Å². The Morgan fingerprint density at radius 2 is 0.824 bits per heavy atom. The molecule has 0 N–H and O–H groups in total. The van der Waals surface area contributed by atoms with Gasteiger partial charge in [-0.25, -0.2) is 0 Å². The van der Waals surface area contributed by atoms with Crippen molar-refractivity contribution in [3.05, 3.63) is 223 Å². The van der Waals surface area contributed by atoms with Gasteiger partial charge in [0, 0.05) is 61.7 Å². The number of benzene rings is 9. The minimum atomic E-state index is 0.867. The molecule has 4 heteroatoms. The highest BCUT2D eigenvalue weighted by Crippen LogP contribution is 2.47. The molecule has 0 bridgehead atoms. The molecule has 0 unspecified atom stereocenters. The lowest BCUT2D eigenvalue weighted by molar-refractivity contribution is 0.673. The number of aryl methyl sites for hydroxylation is 2. The summed E-state index contributed by atoms with van der Waals surface area (Å²) in [6, 6.07) is 77.8.